The highest BCUT2D eigenvalue weighted by molar-refractivity contribution is 5.75. The summed E-state index contributed by atoms with van der Waals surface area (Å²) in [5, 5.41) is 11.5. The molecule has 4 nitrogen and oxygen atoms in total. The van der Waals surface area contributed by atoms with Gasteiger partial charge in [-0.2, -0.15) is 0 Å². The molecule has 0 aromatic heterocycles. The van der Waals surface area contributed by atoms with Crippen LogP contribution in [0.15, 0.2) is 24.3 Å². The summed E-state index contributed by atoms with van der Waals surface area (Å²) in [4.78, 5) is 11.5. The molecule has 0 saturated heterocycles. The number of halogens is 1. The van der Waals surface area contributed by atoms with Crippen LogP contribution < -0.4 is 10.1 Å². The van der Waals surface area contributed by atoms with Gasteiger partial charge in [0.05, 0.1) is 13.0 Å². The van der Waals surface area contributed by atoms with E-state index in [1.807, 2.05) is 6.92 Å². The minimum Gasteiger partial charge on any atom is -0.493 e. The monoisotopic (exact) mass is 269 g/mol. The van der Waals surface area contributed by atoms with Crippen molar-refractivity contribution in [2.75, 3.05) is 19.8 Å². The van der Waals surface area contributed by atoms with Crippen LogP contribution in [0.5, 0.6) is 5.75 Å². The molecule has 1 unspecified atom stereocenters. The molecule has 0 heterocycles. The average Bonchev–Trinajstić information content (AvgIpc) is 2.39. The number of hydrogen-bond acceptors (Lipinski definition) is 3. The normalized spacial score (nSPS) is 11.9. The summed E-state index contributed by atoms with van der Waals surface area (Å²) in [7, 11) is 0. The first-order chi connectivity index (χ1) is 9.11. The molecule has 106 valence electrons. The van der Waals surface area contributed by atoms with Crippen molar-refractivity contribution in [3.63, 3.8) is 0 Å². The zero-order chi connectivity index (χ0) is 14.1. The molecule has 0 aliphatic rings. The molecule has 2 N–H and O–H groups in total. The molecule has 1 atom stereocenters. The predicted molar refractivity (Wildman–Crippen MR) is 70.4 cm³/mol. The molecular weight excluding hydrogens is 249 g/mol. The van der Waals surface area contributed by atoms with E-state index in [1.54, 1.807) is 0 Å². The SMILES string of the molecule is CC(CCO)CNC(=O)CCOc1ccc(F)cc1. The second-order valence-corrected chi connectivity index (χ2v) is 4.47. The van der Waals surface area contributed by atoms with Crippen molar-refractivity contribution < 1.29 is 19.0 Å². The van der Waals surface area contributed by atoms with Crippen LogP contribution in [0.4, 0.5) is 4.39 Å². The van der Waals surface area contributed by atoms with E-state index in [0.717, 1.165) is 0 Å². The molecule has 0 saturated carbocycles. The largest absolute Gasteiger partial charge is 0.493 e. The zero-order valence-corrected chi connectivity index (χ0v) is 11.1. The Morgan fingerprint density at radius 2 is 2.11 bits per heavy atom. The molecule has 19 heavy (non-hydrogen) atoms. The van der Waals surface area contributed by atoms with E-state index < -0.39 is 0 Å². The second kappa shape index (κ2) is 8.48. The molecule has 0 bridgehead atoms. The van der Waals surface area contributed by atoms with Gasteiger partial charge in [0.15, 0.2) is 0 Å². The van der Waals surface area contributed by atoms with E-state index in [1.165, 1.54) is 24.3 Å². The summed E-state index contributed by atoms with van der Waals surface area (Å²) >= 11 is 0. The van der Waals surface area contributed by atoms with Crippen molar-refractivity contribution >= 4 is 5.91 Å². The van der Waals surface area contributed by atoms with Crippen molar-refractivity contribution in [3.8, 4) is 5.75 Å². The topological polar surface area (TPSA) is 58.6 Å². The number of nitrogens with one attached hydrogen (secondary N) is 1. The van der Waals surface area contributed by atoms with Crippen molar-refractivity contribution in [3.05, 3.63) is 30.1 Å². The molecule has 0 aliphatic heterocycles. The first-order valence-corrected chi connectivity index (χ1v) is 6.37. The van der Waals surface area contributed by atoms with Gasteiger partial charge in [-0.15, -0.1) is 0 Å². The van der Waals surface area contributed by atoms with Gasteiger partial charge >= 0.3 is 0 Å². The number of carbonyl (C=O) groups is 1. The van der Waals surface area contributed by atoms with E-state index in [-0.39, 0.29) is 37.3 Å². The number of ether oxygens (including phenoxy) is 1. The number of aliphatic hydroxyl groups excluding tert-OH is 1. The lowest BCUT2D eigenvalue weighted by atomic mass is 10.1. The molecule has 1 amide bonds. The lowest BCUT2D eigenvalue weighted by Crippen LogP contribution is -2.29. The molecule has 1 aromatic rings. The van der Waals surface area contributed by atoms with Gasteiger partial charge in [0, 0.05) is 13.2 Å². The summed E-state index contributed by atoms with van der Waals surface area (Å²) in [5.74, 6) is 0.393. The maximum Gasteiger partial charge on any atom is 0.223 e. The fourth-order valence-electron chi connectivity index (χ4n) is 1.49. The lowest BCUT2D eigenvalue weighted by molar-refractivity contribution is -0.121. The Morgan fingerprint density at radius 3 is 2.74 bits per heavy atom. The Hall–Kier alpha value is -1.62. The summed E-state index contributed by atoms with van der Waals surface area (Å²) in [6.45, 7) is 2.90. The minimum absolute atomic E-state index is 0.0908. The highest BCUT2D eigenvalue weighted by Crippen LogP contribution is 2.11. The molecule has 1 aromatic carbocycles. The Labute approximate surface area is 112 Å². The molecule has 1 rings (SSSR count). The molecule has 0 aliphatic carbocycles. The van der Waals surface area contributed by atoms with Gasteiger partial charge in [-0.25, -0.2) is 4.39 Å². The fourth-order valence-corrected chi connectivity index (χ4v) is 1.49. The summed E-state index contributed by atoms with van der Waals surface area (Å²) in [6, 6.07) is 5.67. The van der Waals surface area contributed by atoms with Gasteiger partial charge in [-0.05, 0) is 36.6 Å². The van der Waals surface area contributed by atoms with Crippen molar-refractivity contribution in [1.82, 2.24) is 5.32 Å². The van der Waals surface area contributed by atoms with Gasteiger partial charge in [0.2, 0.25) is 5.91 Å². The second-order valence-electron chi connectivity index (χ2n) is 4.47. The van der Waals surface area contributed by atoms with Gasteiger partial charge in [-0.3, -0.25) is 4.79 Å². The van der Waals surface area contributed by atoms with Crippen LogP contribution in [-0.4, -0.2) is 30.8 Å². The third-order valence-electron chi connectivity index (χ3n) is 2.68. The summed E-state index contributed by atoms with van der Waals surface area (Å²) in [6.07, 6.45) is 0.926. The first-order valence-electron chi connectivity index (χ1n) is 6.37. The van der Waals surface area contributed by atoms with Gasteiger partial charge in [-0.1, -0.05) is 6.92 Å². The zero-order valence-electron chi connectivity index (χ0n) is 11.1. The maximum absolute atomic E-state index is 12.6. The predicted octanol–water partition coefficient (Wildman–Crippen LogP) is 1.73. The van der Waals surface area contributed by atoms with Crippen LogP contribution in [-0.2, 0) is 4.79 Å². The number of hydrogen-bond donors (Lipinski definition) is 2. The number of benzene rings is 1. The van der Waals surface area contributed by atoms with Crippen LogP contribution >= 0.6 is 0 Å². The molecule has 0 spiro atoms. The third kappa shape index (κ3) is 6.76. The van der Waals surface area contributed by atoms with Crippen LogP contribution in [0, 0.1) is 11.7 Å². The fraction of sp³-hybridized carbons (Fsp3) is 0.500. The molecular formula is C14H20FNO3. The van der Waals surface area contributed by atoms with Crippen molar-refractivity contribution in [1.29, 1.82) is 0 Å². The third-order valence-corrected chi connectivity index (χ3v) is 2.68. The van der Waals surface area contributed by atoms with Crippen LogP contribution in [0.2, 0.25) is 0 Å². The number of rotatable bonds is 8. The number of carbonyl (C=O) groups excluding carboxylic acids is 1. The van der Waals surface area contributed by atoms with Crippen LogP contribution in [0.25, 0.3) is 0 Å². The Kier molecular flexibility index (Phi) is 6.89. The smallest absolute Gasteiger partial charge is 0.223 e. The Balaban J connectivity index is 2.15. The highest BCUT2D eigenvalue weighted by Gasteiger charge is 2.05. The highest BCUT2D eigenvalue weighted by atomic mass is 19.1. The van der Waals surface area contributed by atoms with E-state index in [9.17, 15) is 9.18 Å². The first kappa shape index (κ1) is 15.4. The Morgan fingerprint density at radius 1 is 1.42 bits per heavy atom. The summed E-state index contributed by atoms with van der Waals surface area (Å²) < 4.78 is 18.0. The van der Waals surface area contributed by atoms with E-state index >= 15 is 0 Å². The standard InChI is InChI=1S/C14H20FNO3/c1-11(6-8-17)10-16-14(18)7-9-19-13-4-2-12(15)3-5-13/h2-5,11,17H,6-10H2,1H3,(H,16,18). The van der Waals surface area contributed by atoms with E-state index in [4.69, 9.17) is 9.84 Å². The van der Waals surface area contributed by atoms with Crippen molar-refractivity contribution in [2.24, 2.45) is 5.92 Å². The quantitative estimate of drug-likeness (QED) is 0.755. The Bertz CT molecular complexity index is 381. The maximum atomic E-state index is 12.6. The minimum atomic E-state index is -0.317. The van der Waals surface area contributed by atoms with Crippen LogP contribution in [0.1, 0.15) is 19.8 Å². The van der Waals surface area contributed by atoms with Gasteiger partial charge in [0.25, 0.3) is 0 Å². The molecule has 5 heteroatoms. The van der Waals surface area contributed by atoms with Crippen LogP contribution in [0.3, 0.4) is 0 Å². The van der Waals surface area contributed by atoms with Gasteiger partial charge < -0.3 is 15.2 Å². The van der Waals surface area contributed by atoms with Gasteiger partial charge in [0.1, 0.15) is 11.6 Å². The van der Waals surface area contributed by atoms with E-state index in [0.29, 0.717) is 18.7 Å². The number of amides is 1. The number of aliphatic hydroxyl groups is 1. The average molecular weight is 269 g/mol. The van der Waals surface area contributed by atoms with E-state index in [2.05, 4.69) is 5.32 Å². The lowest BCUT2D eigenvalue weighted by Gasteiger charge is -2.11. The summed E-state index contributed by atoms with van der Waals surface area (Å²) in [5.41, 5.74) is 0. The molecule has 0 radical (unpaired) electrons. The van der Waals surface area contributed by atoms with Crippen molar-refractivity contribution in [2.45, 2.75) is 19.8 Å². The molecule has 0 fully saturated rings.